The number of pyridine rings is 1. The van der Waals surface area contributed by atoms with E-state index in [9.17, 15) is 4.79 Å². The number of rotatable bonds is 3. The van der Waals surface area contributed by atoms with Crippen molar-refractivity contribution in [2.24, 2.45) is 0 Å². The number of hydrogen-bond donors (Lipinski definition) is 2. The third kappa shape index (κ3) is 2.23. The summed E-state index contributed by atoms with van der Waals surface area (Å²) in [5.74, 6) is 0.224. The molecular weight excluding hydrogens is 296 g/mol. The fourth-order valence-corrected chi connectivity index (χ4v) is 2.49. The molecule has 8 nitrogen and oxygen atoms in total. The van der Waals surface area contributed by atoms with Gasteiger partial charge in [0.05, 0.1) is 21.7 Å². The van der Waals surface area contributed by atoms with Crippen molar-refractivity contribution in [1.29, 1.82) is 0 Å². The molecule has 0 amide bonds. The summed E-state index contributed by atoms with van der Waals surface area (Å²) in [6.45, 7) is 3.90. The zero-order valence-electron chi connectivity index (χ0n) is 11.3. The molecule has 0 atom stereocenters. The van der Waals surface area contributed by atoms with Gasteiger partial charge < -0.3 is 10.1 Å². The first-order valence-electron chi connectivity index (χ1n) is 6.10. The number of aromatic carboxylic acids is 1. The van der Waals surface area contributed by atoms with Crippen LogP contribution in [0.15, 0.2) is 6.20 Å². The molecule has 0 spiro atoms. The van der Waals surface area contributed by atoms with E-state index in [4.69, 9.17) is 16.7 Å². The summed E-state index contributed by atoms with van der Waals surface area (Å²) in [4.78, 5) is 18.3. The normalized spacial score (nSPS) is 11.2. The molecule has 2 N–H and O–H groups in total. The number of carboxylic acid groups (broad SMARTS) is 1. The maximum atomic E-state index is 11.1. The summed E-state index contributed by atoms with van der Waals surface area (Å²) in [6.07, 6.45) is 1.23. The fraction of sp³-hybridized carbons (Fsp3) is 0.250. The number of aromatic amines is 1. The molecule has 0 bridgehead atoms. The van der Waals surface area contributed by atoms with Gasteiger partial charge in [0, 0.05) is 6.20 Å². The highest BCUT2D eigenvalue weighted by atomic mass is 35.5. The molecule has 108 valence electrons. The Labute approximate surface area is 123 Å². The summed E-state index contributed by atoms with van der Waals surface area (Å²) < 4.78 is 1.61. The molecule has 3 heterocycles. The van der Waals surface area contributed by atoms with Gasteiger partial charge in [0.2, 0.25) is 0 Å². The SMILES string of the molecule is Cc1nnc(Cn2nc(C)c3c(Cl)c(C(=O)O)cnc32)[nH]1. The van der Waals surface area contributed by atoms with Crippen LogP contribution in [0.25, 0.3) is 11.0 Å². The Bertz CT molecular complexity index is 853. The molecule has 0 saturated carbocycles. The van der Waals surface area contributed by atoms with Gasteiger partial charge in [0.15, 0.2) is 11.5 Å². The number of fused-ring (bicyclic) bond motifs is 1. The monoisotopic (exact) mass is 306 g/mol. The molecule has 0 radical (unpaired) electrons. The average Bonchev–Trinajstić information content (AvgIpc) is 2.95. The minimum absolute atomic E-state index is 0.0395. The Hall–Kier alpha value is -2.48. The van der Waals surface area contributed by atoms with Crippen molar-refractivity contribution in [1.82, 2.24) is 29.9 Å². The molecule has 3 rings (SSSR count). The van der Waals surface area contributed by atoms with Crippen molar-refractivity contribution >= 4 is 28.6 Å². The Kier molecular flexibility index (Phi) is 3.09. The van der Waals surface area contributed by atoms with Crippen molar-refractivity contribution < 1.29 is 9.90 Å². The van der Waals surface area contributed by atoms with E-state index in [1.165, 1.54) is 6.20 Å². The molecule has 3 aromatic rings. The van der Waals surface area contributed by atoms with Crippen LogP contribution in [0.2, 0.25) is 5.02 Å². The van der Waals surface area contributed by atoms with Gasteiger partial charge in [-0.2, -0.15) is 5.10 Å². The van der Waals surface area contributed by atoms with Gasteiger partial charge in [-0.3, -0.25) is 0 Å². The number of hydrogen-bond acceptors (Lipinski definition) is 5. The van der Waals surface area contributed by atoms with Crippen LogP contribution in [0.1, 0.15) is 27.7 Å². The van der Waals surface area contributed by atoms with E-state index in [1.807, 2.05) is 0 Å². The van der Waals surface area contributed by atoms with Gasteiger partial charge in [0.1, 0.15) is 12.4 Å². The van der Waals surface area contributed by atoms with Gasteiger partial charge in [-0.1, -0.05) is 11.6 Å². The van der Waals surface area contributed by atoms with E-state index < -0.39 is 5.97 Å². The number of nitrogens with one attached hydrogen (secondary N) is 1. The molecule has 0 unspecified atom stereocenters. The lowest BCUT2D eigenvalue weighted by atomic mass is 10.2. The third-order valence-electron chi connectivity index (χ3n) is 3.05. The summed E-state index contributed by atoms with van der Waals surface area (Å²) in [5.41, 5.74) is 1.08. The highest BCUT2D eigenvalue weighted by molar-refractivity contribution is 6.38. The molecule has 21 heavy (non-hydrogen) atoms. The minimum Gasteiger partial charge on any atom is -0.478 e. The van der Waals surface area contributed by atoms with E-state index in [-0.39, 0.29) is 10.6 Å². The van der Waals surface area contributed by atoms with Crippen LogP contribution in [-0.2, 0) is 6.54 Å². The summed E-state index contributed by atoms with van der Waals surface area (Å²) in [7, 11) is 0. The molecule has 0 aliphatic carbocycles. The number of aromatic nitrogens is 6. The zero-order chi connectivity index (χ0) is 15.1. The van der Waals surface area contributed by atoms with Crippen molar-refractivity contribution in [2.75, 3.05) is 0 Å². The number of halogens is 1. The fourth-order valence-electron chi connectivity index (χ4n) is 2.14. The average molecular weight is 307 g/mol. The van der Waals surface area contributed by atoms with Crippen LogP contribution in [0.5, 0.6) is 0 Å². The van der Waals surface area contributed by atoms with E-state index in [0.717, 1.165) is 0 Å². The first-order valence-corrected chi connectivity index (χ1v) is 6.48. The number of H-pyrrole nitrogens is 1. The largest absolute Gasteiger partial charge is 0.478 e. The second-order valence-electron chi connectivity index (χ2n) is 4.59. The van der Waals surface area contributed by atoms with Crippen molar-refractivity contribution in [2.45, 2.75) is 20.4 Å². The van der Waals surface area contributed by atoms with Gasteiger partial charge in [0.25, 0.3) is 0 Å². The van der Waals surface area contributed by atoms with E-state index in [1.54, 1.807) is 18.5 Å². The molecule has 0 saturated heterocycles. The van der Waals surface area contributed by atoms with Crippen LogP contribution in [-0.4, -0.2) is 41.0 Å². The lowest BCUT2D eigenvalue weighted by Gasteiger charge is -2.02. The van der Waals surface area contributed by atoms with Crippen LogP contribution < -0.4 is 0 Å². The number of carboxylic acids is 1. The topological polar surface area (TPSA) is 110 Å². The zero-order valence-corrected chi connectivity index (χ0v) is 12.0. The van der Waals surface area contributed by atoms with Crippen LogP contribution in [0, 0.1) is 13.8 Å². The summed E-state index contributed by atoms with van der Waals surface area (Å²) >= 11 is 6.15. The van der Waals surface area contributed by atoms with E-state index in [0.29, 0.717) is 34.9 Å². The Morgan fingerprint density at radius 1 is 1.43 bits per heavy atom. The van der Waals surface area contributed by atoms with E-state index >= 15 is 0 Å². The lowest BCUT2D eigenvalue weighted by molar-refractivity contribution is 0.0697. The van der Waals surface area contributed by atoms with Crippen molar-refractivity contribution in [3.05, 3.63) is 34.1 Å². The van der Waals surface area contributed by atoms with Crippen LogP contribution in [0.4, 0.5) is 0 Å². The molecule has 0 aliphatic heterocycles. The predicted molar refractivity (Wildman–Crippen MR) is 74.5 cm³/mol. The number of nitrogens with zero attached hydrogens (tertiary/aromatic N) is 5. The minimum atomic E-state index is -1.12. The van der Waals surface area contributed by atoms with Gasteiger partial charge in [-0.25, -0.2) is 14.5 Å². The van der Waals surface area contributed by atoms with Crippen molar-refractivity contribution in [3.63, 3.8) is 0 Å². The second kappa shape index (κ2) is 4.81. The second-order valence-corrected chi connectivity index (χ2v) is 4.97. The highest BCUT2D eigenvalue weighted by Crippen LogP contribution is 2.28. The summed E-state index contributed by atoms with van der Waals surface area (Å²) in [6, 6.07) is 0. The Morgan fingerprint density at radius 2 is 2.19 bits per heavy atom. The Morgan fingerprint density at radius 3 is 2.81 bits per heavy atom. The lowest BCUT2D eigenvalue weighted by Crippen LogP contribution is -2.05. The number of carbonyl (C=O) groups is 1. The standard InChI is InChI=1S/C12H11ClN6O2/c1-5-9-10(13)7(12(20)21)3-14-11(9)19(18-5)4-8-15-6(2)16-17-8/h3H,4H2,1-2H3,(H,20,21)(H,15,16,17). The smallest absolute Gasteiger partial charge is 0.338 e. The third-order valence-corrected chi connectivity index (χ3v) is 3.44. The first kappa shape index (κ1) is 13.5. The van der Waals surface area contributed by atoms with Gasteiger partial charge in [-0.05, 0) is 13.8 Å². The maximum absolute atomic E-state index is 11.1. The van der Waals surface area contributed by atoms with Crippen LogP contribution in [0.3, 0.4) is 0 Å². The highest BCUT2D eigenvalue weighted by Gasteiger charge is 2.19. The predicted octanol–water partition coefficient (Wildman–Crippen LogP) is 1.57. The van der Waals surface area contributed by atoms with E-state index in [2.05, 4.69) is 25.3 Å². The summed E-state index contributed by atoms with van der Waals surface area (Å²) in [5, 5.41) is 22.0. The molecule has 0 aromatic carbocycles. The maximum Gasteiger partial charge on any atom is 0.338 e. The molecule has 0 aliphatic rings. The molecular formula is C12H11ClN6O2. The quantitative estimate of drug-likeness (QED) is 0.760. The van der Waals surface area contributed by atoms with Gasteiger partial charge in [-0.15, -0.1) is 10.2 Å². The first-order chi connectivity index (χ1) is 9.97. The van der Waals surface area contributed by atoms with Crippen LogP contribution >= 0.6 is 11.6 Å². The number of aryl methyl sites for hydroxylation is 2. The van der Waals surface area contributed by atoms with Gasteiger partial charge >= 0.3 is 5.97 Å². The molecule has 3 aromatic heterocycles. The molecule has 9 heteroatoms. The van der Waals surface area contributed by atoms with Crippen molar-refractivity contribution in [3.8, 4) is 0 Å². The Balaban J connectivity index is 2.13. The molecule has 0 fully saturated rings.